The van der Waals surface area contributed by atoms with Gasteiger partial charge in [-0.1, -0.05) is 73.5 Å². The molecular formula is C50H56N4O12. The number of fused-ring (bicyclic) bond motifs is 2. The van der Waals surface area contributed by atoms with Gasteiger partial charge in [-0.15, -0.1) is 6.58 Å². The highest BCUT2D eigenvalue weighted by Crippen LogP contribution is 2.62. The maximum Gasteiger partial charge on any atom is 0.415 e. The van der Waals surface area contributed by atoms with Gasteiger partial charge in [0, 0.05) is 55.9 Å². The highest BCUT2D eigenvalue weighted by atomic mass is 16.7. The number of rotatable bonds is 22. The molecule has 16 heteroatoms. The van der Waals surface area contributed by atoms with Crippen LogP contribution in [0.1, 0.15) is 75.3 Å². The molecule has 0 bridgehead atoms. The number of nitro benzene ring substituents is 2. The molecule has 348 valence electrons. The molecule has 0 radical (unpaired) electrons. The lowest BCUT2D eigenvalue weighted by Crippen LogP contribution is -2.70. The Morgan fingerprint density at radius 3 is 2.30 bits per heavy atom. The number of hydrogen-bond donors (Lipinski definition) is 2. The van der Waals surface area contributed by atoms with Gasteiger partial charge < -0.3 is 34.0 Å². The summed E-state index contributed by atoms with van der Waals surface area (Å²) < 4.78 is 26.6. The van der Waals surface area contributed by atoms with Crippen molar-refractivity contribution in [3.63, 3.8) is 0 Å². The Morgan fingerprint density at radius 2 is 1.61 bits per heavy atom. The highest BCUT2D eigenvalue weighted by molar-refractivity contribution is 6.03. The van der Waals surface area contributed by atoms with E-state index in [1.165, 1.54) is 36.4 Å². The lowest BCUT2D eigenvalue weighted by molar-refractivity contribution is -0.385. The molecule has 2 aliphatic carbocycles. The third kappa shape index (κ3) is 10.6. The van der Waals surface area contributed by atoms with Crippen LogP contribution in [0.4, 0.5) is 16.2 Å². The quantitative estimate of drug-likeness (QED) is 0.0327. The van der Waals surface area contributed by atoms with Crippen LogP contribution in [0.15, 0.2) is 127 Å². The van der Waals surface area contributed by atoms with Gasteiger partial charge in [-0.25, -0.2) is 4.79 Å². The largest absolute Gasteiger partial charge is 0.459 e. The lowest BCUT2D eigenvalue weighted by atomic mass is 9.55. The second-order valence-corrected chi connectivity index (χ2v) is 16.7. The van der Waals surface area contributed by atoms with E-state index in [1.807, 2.05) is 43.3 Å². The van der Waals surface area contributed by atoms with Crippen molar-refractivity contribution in [2.24, 2.45) is 22.9 Å². The zero-order chi connectivity index (χ0) is 46.6. The summed E-state index contributed by atoms with van der Waals surface area (Å²) in [4.78, 5) is 44.6. The maximum atomic E-state index is 14.7. The number of nitrogens with zero attached hydrogens (tertiary/aromatic N) is 4. The number of non-ortho nitro benzene ring substituents is 2. The van der Waals surface area contributed by atoms with Gasteiger partial charge in [-0.2, -0.15) is 0 Å². The summed E-state index contributed by atoms with van der Waals surface area (Å²) in [6.07, 6.45) is 7.86. The van der Waals surface area contributed by atoms with Gasteiger partial charge in [-0.05, 0) is 91.5 Å². The molecule has 4 aromatic rings. The van der Waals surface area contributed by atoms with E-state index in [-0.39, 0.29) is 80.0 Å². The Bertz CT molecular complexity index is 2390. The molecule has 6 unspecified atom stereocenters. The molecule has 2 N–H and O–H groups in total. The molecule has 1 aliphatic heterocycles. The minimum atomic E-state index is -1.58. The van der Waals surface area contributed by atoms with Gasteiger partial charge in [0.1, 0.15) is 35.6 Å². The zero-order valence-corrected chi connectivity index (χ0v) is 36.9. The molecule has 3 aliphatic rings. The van der Waals surface area contributed by atoms with E-state index in [9.17, 15) is 35.2 Å². The van der Waals surface area contributed by atoms with E-state index in [0.29, 0.717) is 49.3 Å². The topological polar surface area (TPSA) is 206 Å². The SMILES string of the molecule is C=CCOC12Oc3ccc(Oc4cccc([N+](=O)[O-])c4)cc3C3C(CCCCO)C(CCCCO)C=C(C(=NOCc4ccccc4)CC1N(CCC)C(=O)Oc1ccc([N+](=O)[O-])cc1)C32. The minimum Gasteiger partial charge on any atom is -0.459 e. The number of allylic oxidation sites excluding steroid dienone is 1. The van der Waals surface area contributed by atoms with Gasteiger partial charge in [-0.3, -0.25) is 25.1 Å². The van der Waals surface area contributed by atoms with E-state index >= 15 is 0 Å². The summed E-state index contributed by atoms with van der Waals surface area (Å²) in [5, 5.41) is 47.9. The Labute approximate surface area is 383 Å². The number of benzene rings is 4. The van der Waals surface area contributed by atoms with Crippen molar-refractivity contribution in [3.05, 3.63) is 153 Å². The molecule has 16 nitrogen and oxygen atoms in total. The normalized spacial score (nSPS) is 22.2. The monoisotopic (exact) mass is 904 g/mol. The van der Waals surface area contributed by atoms with E-state index in [1.54, 1.807) is 35.2 Å². The fourth-order valence-corrected chi connectivity index (χ4v) is 9.68. The molecule has 1 heterocycles. The number of carbonyl (C=O) groups excluding carboxylic acids is 1. The fraction of sp³-hybridized carbons (Fsp3) is 0.400. The highest BCUT2D eigenvalue weighted by Gasteiger charge is 2.65. The number of oxime groups is 1. The van der Waals surface area contributed by atoms with Crippen molar-refractivity contribution < 1.29 is 48.6 Å². The summed E-state index contributed by atoms with van der Waals surface area (Å²) in [7, 11) is 0. The molecule has 0 spiro atoms. The lowest BCUT2D eigenvalue weighted by Gasteiger charge is -2.59. The molecule has 0 saturated heterocycles. The number of carbonyl (C=O) groups is 1. The van der Waals surface area contributed by atoms with Crippen LogP contribution in [0.3, 0.4) is 0 Å². The standard InChI is InChI=1S/C50H56N4O12/c1-3-25-52(49(57)65-38-21-19-36(20-22-38)53(58)59)46-32-44(51-63-33-34-13-6-5-7-14-34)42-29-35(15-8-10-26-55)41(18-9-11-27-56)47-43-31-40(64-39-17-12-16-37(30-39)54(60)61)23-24-45(43)66-50(46,48(42)47)62-28-4-2/h4-7,12-14,16-17,19-24,29-31,35,41,46-48,55-56H,2-3,8-11,15,18,25-28,32-33H2,1H3. The fourth-order valence-electron chi connectivity index (χ4n) is 9.68. The van der Waals surface area contributed by atoms with Crippen molar-refractivity contribution in [1.82, 2.24) is 4.90 Å². The van der Waals surface area contributed by atoms with Gasteiger partial charge in [0.25, 0.3) is 11.4 Å². The molecular weight excluding hydrogens is 849 g/mol. The Kier molecular flexibility index (Phi) is 15.8. The van der Waals surface area contributed by atoms with Crippen LogP contribution in [0.2, 0.25) is 0 Å². The Balaban J connectivity index is 1.42. The van der Waals surface area contributed by atoms with Crippen molar-refractivity contribution in [3.8, 4) is 23.0 Å². The molecule has 66 heavy (non-hydrogen) atoms. The number of unbranched alkanes of at least 4 members (excludes halogenated alkanes) is 2. The van der Waals surface area contributed by atoms with Crippen LogP contribution < -0.4 is 14.2 Å². The first-order valence-electron chi connectivity index (χ1n) is 22.5. The number of ether oxygens (including phenoxy) is 4. The zero-order valence-electron chi connectivity index (χ0n) is 36.9. The van der Waals surface area contributed by atoms with Gasteiger partial charge >= 0.3 is 6.09 Å². The van der Waals surface area contributed by atoms with Crippen molar-refractivity contribution in [2.45, 2.75) is 82.6 Å². The van der Waals surface area contributed by atoms with Crippen LogP contribution in [0.25, 0.3) is 0 Å². The van der Waals surface area contributed by atoms with E-state index in [2.05, 4.69) is 12.7 Å². The maximum absolute atomic E-state index is 14.7. The third-order valence-corrected chi connectivity index (χ3v) is 12.5. The summed E-state index contributed by atoms with van der Waals surface area (Å²) in [6.45, 7) is 6.42. The Morgan fingerprint density at radius 1 is 0.894 bits per heavy atom. The number of hydrogen-bond acceptors (Lipinski definition) is 13. The van der Waals surface area contributed by atoms with E-state index < -0.39 is 33.7 Å². The molecule has 4 aromatic carbocycles. The molecule has 1 saturated carbocycles. The van der Waals surface area contributed by atoms with Crippen molar-refractivity contribution in [2.75, 3.05) is 26.4 Å². The van der Waals surface area contributed by atoms with Crippen molar-refractivity contribution >= 4 is 23.2 Å². The molecule has 6 atom stereocenters. The molecule has 1 amide bonds. The first-order valence-corrected chi connectivity index (χ1v) is 22.5. The Hall–Kier alpha value is -6.62. The van der Waals surface area contributed by atoms with Crippen LogP contribution in [0.5, 0.6) is 23.0 Å². The van der Waals surface area contributed by atoms with Crippen LogP contribution in [0, 0.1) is 38.0 Å². The summed E-state index contributed by atoms with van der Waals surface area (Å²) in [6, 6.07) is 25.5. The number of amides is 1. The number of nitro groups is 2. The number of aliphatic hydroxyl groups excluding tert-OH is 2. The average Bonchev–Trinajstić information content (AvgIpc) is 3.32. The summed E-state index contributed by atoms with van der Waals surface area (Å²) in [5.41, 5.74) is 2.85. The number of aliphatic hydroxyl groups is 2. The second kappa shape index (κ2) is 22.0. The molecule has 0 aromatic heterocycles. The van der Waals surface area contributed by atoms with Gasteiger partial charge in [0.2, 0.25) is 5.79 Å². The predicted molar refractivity (Wildman–Crippen MR) is 245 cm³/mol. The molecule has 1 fully saturated rings. The summed E-state index contributed by atoms with van der Waals surface area (Å²) in [5.74, 6) is -1.40. The van der Waals surface area contributed by atoms with Crippen LogP contribution in [-0.2, 0) is 16.2 Å². The van der Waals surface area contributed by atoms with Crippen molar-refractivity contribution in [1.29, 1.82) is 0 Å². The first kappa shape index (κ1) is 47.3. The average molecular weight is 905 g/mol. The smallest absolute Gasteiger partial charge is 0.415 e. The van der Waals surface area contributed by atoms with E-state index in [4.69, 9.17) is 28.9 Å². The van der Waals surface area contributed by atoms with E-state index in [0.717, 1.165) is 29.5 Å². The summed E-state index contributed by atoms with van der Waals surface area (Å²) >= 11 is 0. The molecule has 7 rings (SSSR count). The van der Waals surface area contributed by atoms with Crippen LogP contribution >= 0.6 is 0 Å². The minimum absolute atomic E-state index is 0.0187. The predicted octanol–water partition coefficient (Wildman–Crippen LogP) is 10.0. The van der Waals surface area contributed by atoms with Crippen LogP contribution in [-0.4, -0.2) is 75.0 Å². The second-order valence-electron chi connectivity index (χ2n) is 16.7. The first-order chi connectivity index (χ1) is 32.1. The van der Waals surface area contributed by atoms with Gasteiger partial charge in [0.05, 0.1) is 34.1 Å². The van der Waals surface area contributed by atoms with Gasteiger partial charge in [0.15, 0.2) is 0 Å². The third-order valence-electron chi connectivity index (χ3n) is 12.5.